The Kier molecular flexibility index (Phi) is 4.22. The van der Waals surface area contributed by atoms with E-state index in [1.807, 2.05) is 0 Å². The summed E-state index contributed by atoms with van der Waals surface area (Å²) in [5.74, 6) is -0.0148. The van der Waals surface area contributed by atoms with Gasteiger partial charge in [-0.3, -0.25) is 15.0 Å². The van der Waals surface area contributed by atoms with Crippen LogP contribution < -0.4 is 4.74 Å². The van der Waals surface area contributed by atoms with Crippen molar-refractivity contribution in [3.05, 3.63) is 28.3 Å². The third-order valence-corrected chi connectivity index (χ3v) is 3.92. The largest absolute Gasteiger partial charge is 0.490 e. The van der Waals surface area contributed by atoms with Gasteiger partial charge in [0, 0.05) is 13.1 Å². The molecule has 0 aromatic heterocycles. The molecule has 0 radical (unpaired) electrons. The fourth-order valence-electron chi connectivity index (χ4n) is 1.22. The zero-order valence-electron chi connectivity index (χ0n) is 9.98. The smallest absolute Gasteiger partial charge is 0.312 e. The van der Waals surface area contributed by atoms with Crippen molar-refractivity contribution >= 4 is 15.7 Å². The Bertz CT molecular complexity index is 556. The molecule has 0 saturated carbocycles. The zero-order valence-corrected chi connectivity index (χ0v) is 10.8. The normalized spacial score (nSPS) is 11.6. The monoisotopic (exact) mass is 276 g/mol. The van der Waals surface area contributed by atoms with Gasteiger partial charge in [-0.2, -0.15) is 0 Å². The van der Waals surface area contributed by atoms with E-state index in [-0.39, 0.29) is 10.6 Å². The molecule has 18 heavy (non-hydrogen) atoms. The number of hydrogen-bond acceptors (Lipinski definition) is 6. The lowest BCUT2D eigenvalue weighted by atomic mass is 10.3. The van der Waals surface area contributed by atoms with Gasteiger partial charge < -0.3 is 4.74 Å². The molecule has 8 nitrogen and oxygen atoms in total. The first-order chi connectivity index (χ1) is 8.34. The van der Waals surface area contributed by atoms with Gasteiger partial charge in [0.05, 0.1) is 24.0 Å². The highest BCUT2D eigenvalue weighted by Gasteiger charge is 2.25. The van der Waals surface area contributed by atoms with Crippen LogP contribution in [-0.2, 0) is 14.9 Å². The van der Waals surface area contributed by atoms with Crippen molar-refractivity contribution < 1.29 is 22.9 Å². The summed E-state index contributed by atoms with van der Waals surface area (Å²) in [7, 11) is -0.295. The number of nitro groups is 1. The Labute approximate surface area is 104 Å². The minimum atomic E-state index is -3.92. The van der Waals surface area contributed by atoms with E-state index in [0.29, 0.717) is 4.47 Å². The number of sulfonamides is 1. The van der Waals surface area contributed by atoms with Gasteiger partial charge in [-0.15, -0.1) is 0 Å². The number of benzene rings is 1. The molecule has 0 fully saturated rings. The van der Waals surface area contributed by atoms with Gasteiger partial charge in [0.25, 0.3) is 10.0 Å². The van der Waals surface area contributed by atoms with Crippen molar-refractivity contribution in [2.75, 3.05) is 21.3 Å². The van der Waals surface area contributed by atoms with Crippen LogP contribution in [-0.4, -0.2) is 39.1 Å². The summed E-state index contributed by atoms with van der Waals surface area (Å²) >= 11 is 0. The Morgan fingerprint density at radius 2 is 1.94 bits per heavy atom. The van der Waals surface area contributed by atoms with Crippen LogP contribution in [0.15, 0.2) is 23.1 Å². The van der Waals surface area contributed by atoms with Crippen LogP contribution in [0.4, 0.5) is 5.69 Å². The first-order valence-electron chi connectivity index (χ1n) is 4.70. The van der Waals surface area contributed by atoms with Gasteiger partial charge in [-0.25, -0.2) is 8.42 Å². The second-order valence-electron chi connectivity index (χ2n) is 3.19. The van der Waals surface area contributed by atoms with Crippen LogP contribution >= 0.6 is 0 Å². The van der Waals surface area contributed by atoms with Gasteiger partial charge >= 0.3 is 5.69 Å². The summed E-state index contributed by atoms with van der Waals surface area (Å²) in [4.78, 5) is 14.4. The van der Waals surface area contributed by atoms with Gasteiger partial charge in [0.15, 0.2) is 5.75 Å². The number of methoxy groups -OCH3 is 1. The van der Waals surface area contributed by atoms with E-state index in [2.05, 4.69) is 4.84 Å². The fraction of sp³-hybridized carbons (Fsp3) is 0.333. The summed E-state index contributed by atoms with van der Waals surface area (Å²) < 4.78 is 29.1. The molecule has 0 heterocycles. The van der Waals surface area contributed by atoms with Gasteiger partial charge in [-0.05, 0) is 12.1 Å². The van der Waals surface area contributed by atoms with E-state index in [4.69, 9.17) is 4.74 Å². The molecule has 0 N–H and O–H groups in total. The number of hydrogen-bond donors (Lipinski definition) is 0. The average Bonchev–Trinajstić information content (AvgIpc) is 2.36. The van der Waals surface area contributed by atoms with Crippen molar-refractivity contribution in [3.8, 4) is 5.75 Å². The molecule has 0 saturated heterocycles. The lowest BCUT2D eigenvalue weighted by Crippen LogP contribution is -2.25. The van der Waals surface area contributed by atoms with E-state index in [1.54, 1.807) is 0 Å². The van der Waals surface area contributed by atoms with Crippen LogP contribution in [0.5, 0.6) is 5.75 Å². The number of nitrogens with zero attached hydrogens (tertiary/aromatic N) is 2. The maximum atomic E-state index is 11.9. The third-order valence-electron chi connectivity index (χ3n) is 2.24. The number of rotatable bonds is 5. The highest BCUT2D eigenvalue weighted by molar-refractivity contribution is 7.89. The minimum Gasteiger partial charge on any atom is -0.490 e. The van der Waals surface area contributed by atoms with Gasteiger partial charge in [0.1, 0.15) is 0 Å². The zero-order chi connectivity index (χ0) is 13.9. The first-order valence-corrected chi connectivity index (χ1v) is 6.14. The predicted octanol–water partition coefficient (Wildman–Crippen LogP) is 0.785. The molecular formula is C9H12N2O6S. The van der Waals surface area contributed by atoms with E-state index in [1.165, 1.54) is 33.4 Å². The highest BCUT2D eigenvalue weighted by atomic mass is 32.2. The van der Waals surface area contributed by atoms with Crippen LogP contribution in [0.3, 0.4) is 0 Å². The molecule has 0 spiro atoms. The summed E-state index contributed by atoms with van der Waals surface area (Å²) in [5, 5.41) is 10.8. The maximum Gasteiger partial charge on any atom is 0.312 e. The van der Waals surface area contributed by atoms with Gasteiger partial charge in [-0.1, -0.05) is 4.47 Å². The lowest BCUT2D eigenvalue weighted by molar-refractivity contribution is -0.386. The lowest BCUT2D eigenvalue weighted by Gasteiger charge is -2.14. The quantitative estimate of drug-likeness (QED) is 0.582. The first kappa shape index (κ1) is 14.4. The predicted molar refractivity (Wildman–Crippen MR) is 61.6 cm³/mol. The summed E-state index contributed by atoms with van der Waals surface area (Å²) in [5.41, 5.74) is -0.428. The molecule has 9 heteroatoms. The molecule has 1 rings (SSSR count). The average molecular weight is 276 g/mol. The molecule has 0 aliphatic rings. The van der Waals surface area contributed by atoms with E-state index < -0.39 is 20.6 Å². The maximum absolute atomic E-state index is 11.9. The summed E-state index contributed by atoms with van der Waals surface area (Å²) in [6.07, 6.45) is 0. The van der Waals surface area contributed by atoms with Crippen molar-refractivity contribution in [1.29, 1.82) is 0 Å². The number of hydroxylamine groups is 1. The third kappa shape index (κ3) is 2.58. The standard InChI is InChI=1S/C9H12N2O6S/c1-10(17-3)18(14,15)7-4-5-9(16-2)8(6-7)11(12)13/h4-6H,1-3H3. The molecule has 0 unspecified atom stereocenters. The molecule has 100 valence electrons. The number of ether oxygens (including phenoxy) is 1. The topological polar surface area (TPSA) is 99.0 Å². The van der Waals surface area contributed by atoms with E-state index >= 15 is 0 Å². The molecule has 1 aromatic rings. The summed E-state index contributed by atoms with van der Waals surface area (Å²) in [6, 6.07) is 3.34. The Morgan fingerprint density at radius 3 is 2.39 bits per heavy atom. The van der Waals surface area contributed by atoms with Crippen molar-refractivity contribution in [2.24, 2.45) is 0 Å². The van der Waals surface area contributed by atoms with Crippen molar-refractivity contribution in [2.45, 2.75) is 4.90 Å². The fourth-order valence-corrected chi connectivity index (χ4v) is 2.21. The van der Waals surface area contributed by atoms with Crippen molar-refractivity contribution in [1.82, 2.24) is 4.47 Å². The SMILES string of the molecule is COc1ccc(S(=O)(=O)N(C)OC)cc1[N+](=O)[O-]. The molecule has 0 aliphatic heterocycles. The second-order valence-corrected chi connectivity index (χ2v) is 5.12. The Morgan fingerprint density at radius 1 is 1.33 bits per heavy atom. The molecule has 1 aromatic carbocycles. The molecule has 0 aliphatic carbocycles. The molecule has 0 amide bonds. The van der Waals surface area contributed by atoms with Gasteiger partial charge in [0.2, 0.25) is 0 Å². The van der Waals surface area contributed by atoms with Crippen molar-refractivity contribution in [3.63, 3.8) is 0 Å². The Balaban J connectivity index is 3.37. The Hall–Kier alpha value is -1.71. The van der Waals surface area contributed by atoms with Crippen LogP contribution in [0.25, 0.3) is 0 Å². The minimum absolute atomic E-state index is 0.0148. The van der Waals surface area contributed by atoms with Crippen LogP contribution in [0.2, 0.25) is 0 Å². The highest BCUT2D eigenvalue weighted by Crippen LogP contribution is 2.30. The molecule has 0 atom stereocenters. The molecule has 0 bridgehead atoms. The number of nitro benzene ring substituents is 1. The summed E-state index contributed by atoms with van der Waals surface area (Å²) in [6.45, 7) is 0. The van der Waals surface area contributed by atoms with Crippen LogP contribution in [0, 0.1) is 10.1 Å². The van der Waals surface area contributed by atoms with E-state index in [0.717, 1.165) is 6.07 Å². The van der Waals surface area contributed by atoms with Crippen LogP contribution in [0.1, 0.15) is 0 Å². The van der Waals surface area contributed by atoms with E-state index in [9.17, 15) is 18.5 Å². The molecular weight excluding hydrogens is 264 g/mol. The second kappa shape index (κ2) is 5.29.